The molecule has 2 bridgehead atoms. The van der Waals surface area contributed by atoms with Crippen molar-refractivity contribution in [3.05, 3.63) is 35.2 Å². The lowest BCUT2D eigenvalue weighted by Gasteiger charge is -2.22. The Morgan fingerprint density at radius 1 is 1.26 bits per heavy atom. The molecule has 3 nitrogen and oxygen atoms in total. The van der Waals surface area contributed by atoms with E-state index in [1.54, 1.807) is 0 Å². The van der Waals surface area contributed by atoms with Gasteiger partial charge in [-0.25, -0.2) is 4.98 Å². The summed E-state index contributed by atoms with van der Waals surface area (Å²) < 4.78 is 2.00. The molecule has 3 unspecified atom stereocenters. The molecule has 0 aromatic carbocycles. The van der Waals surface area contributed by atoms with Gasteiger partial charge in [-0.05, 0) is 43.2 Å². The van der Waals surface area contributed by atoms with Crippen molar-refractivity contribution in [3.8, 4) is 0 Å². The zero-order valence-electron chi connectivity index (χ0n) is 10.8. The zero-order valence-corrected chi connectivity index (χ0v) is 11.6. The molecule has 2 aliphatic rings. The first-order chi connectivity index (χ1) is 9.28. The molecule has 1 N–H and O–H groups in total. The second-order valence-corrected chi connectivity index (χ2v) is 6.44. The molecule has 0 amide bonds. The Bertz CT molecular complexity index is 606. The molecule has 4 heteroatoms. The molecular formula is C15H18ClN3. The summed E-state index contributed by atoms with van der Waals surface area (Å²) in [6.45, 7) is 0.868. The minimum absolute atomic E-state index is 0.715. The van der Waals surface area contributed by atoms with Crippen molar-refractivity contribution in [2.75, 3.05) is 0 Å². The van der Waals surface area contributed by atoms with E-state index in [1.165, 1.54) is 25.7 Å². The van der Waals surface area contributed by atoms with E-state index in [0.29, 0.717) is 6.04 Å². The number of nitrogens with zero attached hydrogens (tertiary/aromatic N) is 2. The Morgan fingerprint density at radius 2 is 2.21 bits per heavy atom. The SMILES string of the molecule is Clc1ccc2nc(CNC3CC4CCC3C4)cn2c1. The van der Waals surface area contributed by atoms with Crippen molar-refractivity contribution in [3.63, 3.8) is 0 Å². The third-order valence-corrected chi connectivity index (χ3v) is 4.97. The molecule has 2 aromatic rings. The summed E-state index contributed by atoms with van der Waals surface area (Å²) in [5, 5.41) is 4.44. The molecule has 4 rings (SSSR count). The van der Waals surface area contributed by atoms with Crippen LogP contribution in [0.2, 0.25) is 5.02 Å². The Morgan fingerprint density at radius 3 is 3.00 bits per heavy atom. The standard InChI is InChI=1S/C15H18ClN3/c16-12-3-4-15-18-13(9-19(15)8-12)7-17-14-6-10-1-2-11(14)5-10/h3-4,8-11,14,17H,1-2,5-7H2. The van der Waals surface area contributed by atoms with Gasteiger partial charge in [-0.2, -0.15) is 0 Å². The van der Waals surface area contributed by atoms with E-state index in [1.807, 2.05) is 22.7 Å². The molecule has 0 saturated heterocycles. The molecular weight excluding hydrogens is 258 g/mol. The molecule has 2 heterocycles. The number of pyridine rings is 1. The maximum absolute atomic E-state index is 5.99. The highest BCUT2D eigenvalue weighted by Gasteiger charge is 2.38. The largest absolute Gasteiger partial charge is 0.308 e. The van der Waals surface area contributed by atoms with Crippen LogP contribution in [0.1, 0.15) is 31.4 Å². The fourth-order valence-electron chi connectivity index (χ4n) is 3.83. The molecule has 3 atom stereocenters. The van der Waals surface area contributed by atoms with Crippen molar-refractivity contribution in [1.29, 1.82) is 0 Å². The maximum Gasteiger partial charge on any atom is 0.137 e. The predicted octanol–water partition coefficient (Wildman–Crippen LogP) is 3.27. The highest BCUT2D eigenvalue weighted by molar-refractivity contribution is 6.30. The van der Waals surface area contributed by atoms with Gasteiger partial charge in [0.25, 0.3) is 0 Å². The lowest BCUT2D eigenvalue weighted by molar-refractivity contribution is 0.349. The molecule has 2 aromatic heterocycles. The highest BCUT2D eigenvalue weighted by Crippen LogP contribution is 2.44. The first-order valence-electron chi connectivity index (χ1n) is 7.14. The summed E-state index contributed by atoms with van der Waals surface area (Å²) in [6, 6.07) is 4.56. The van der Waals surface area contributed by atoms with Crippen LogP contribution in [0.15, 0.2) is 24.5 Å². The number of rotatable bonds is 3. The first-order valence-corrected chi connectivity index (χ1v) is 7.52. The van der Waals surface area contributed by atoms with Gasteiger partial charge >= 0.3 is 0 Å². The van der Waals surface area contributed by atoms with Crippen LogP contribution in [0.3, 0.4) is 0 Å². The Kier molecular flexibility index (Phi) is 2.78. The van der Waals surface area contributed by atoms with Crippen LogP contribution in [0.5, 0.6) is 0 Å². The van der Waals surface area contributed by atoms with Crippen LogP contribution in [-0.4, -0.2) is 15.4 Å². The van der Waals surface area contributed by atoms with E-state index in [-0.39, 0.29) is 0 Å². The molecule has 2 fully saturated rings. The lowest BCUT2D eigenvalue weighted by Crippen LogP contribution is -2.33. The van der Waals surface area contributed by atoms with E-state index in [2.05, 4.69) is 16.5 Å². The topological polar surface area (TPSA) is 29.3 Å². The van der Waals surface area contributed by atoms with Crippen molar-refractivity contribution >= 4 is 17.2 Å². The number of nitrogens with one attached hydrogen (secondary N) is 1. The Balaban J connectivity index is 1.46. The van der Waals surface area contributed by atoms with Gasteiger partial charge in [0, 0.05) is 25.0 Å². The molecule has 2 saturated carbocycles. The quantitative estimate of drug-likeness (QED) is 0.932. The molecule has 19 heavy (non-hydrogen) atoms. The summed E-state index contributed by atoms with van der Waals surface area (Å²) in [5.74, 6) is 1.90. The van der Waals surface area contributed by atoms with Gasteiger partial charge in [0.15, 0.2) is 0 Å². The summed E-state index contributed by atoms with van der Waals surface area (Å²) in [6.07, 6.45) is 9.66. The fourth-order valence-corrected chi connectivity index (χ4v) is 4.00. The first kappa shape index (κ1) is 11.7. The number of fused-ring (bicyclic) bond motifs is 3. The summed E-state index contributed by atoms with van der Waals surface area (Å²) in [7, 11) is 0. The molecule has 2 aliphatic carbocycles. The maximum atomic E-state index is 5.99. The second-order valence-electron chi connectivity index (χ2n) is 6.01. The number of aromatic nitrogens is 2. The van der Waals surface area contributed by atoms with E-state index in [4.69, 9.17) is 11.6 Å². The highest BCUT2D eigenvalue weighted by atomic mass is 35.5. The summed E-state index contributed by atoms with van der Waals surface area (Å²) >= 11 is 5.99. The summed E-state index contributed by atoms with van der Waals surface area (Å²) in [4.78, 5) is 4.62. The van der Waals surface area contributed by atoms with Gasteiger partial charge < -0.3 is 9.72 Å². The van der Waals surface area contributed by atoms with E-state index in [9.17, 15) is 0 Å². The smallest absolute Gasteiger partial charge is 0.137 e. The van der Waals surface area contributed by atoms with Crippen LogP contribution in [0, 0.1) is 11.8 Å². The van der Waals surface area contributed by atoms with Gasteiger partial charge in [-0.15, -0.1) is 0 Å². The normalized spacial score (nSPS) is 29.4. The average molecular weight is 276 g/mol. The van der Waals surface area contributed by atoms with Gasteiger partial charge in [0.05, 0.1) is 10.7 Å². The van der Waals surface area contributed by atoms with E-state index >= 15 is 0 Å². The third kappa shape index (κ3) is 2.15. The van der Waals surface area contributed by atoms with Crippen LogP contribution in [0.4, 0.5) is 0 Å². The van der Waals surface area contributed by atoms with Crippen LogP contribution >= 0.6 is 11.6 Å². The average Bonchev–Trinajstić information content (AvgIpc) is 3.09. The van der Waals surface area contributed by atoms with E-state index < -0.39 is 0 Å². The number of hydrogen-bond donors (Lipinski definition) is 1. The molecule has 0 spiro atoms. The molecule has 0 aliphatic heterocycles. The molecule has 0 radical (unpaired) electrons. The van der Waals surface area contributed by atoms with Crippen molar-refractivity contribution < 1.29 is 0 Å². The van der Waals surface area contributed by atoms with Gasteiger partial charge in [0.2, 0.25) is 0 Å². The minimum Gasteiger partial charge on any atom is -0.308 e. The second kappa shape index (κ2) is 4.50. The summed E-state index contributed by atoms with van der Waals surface area (Å²) in [5.41, 5.74) is 2.07. The molecule has 100 valence electrons. The number of hydrogen-bond acceptors (Lipinski definition) is 2. The Hall–Kier alpha value is -1.06. The Labute approximate surface area is 118 Å². The van der Waals surface area contributed by atoms with Crippen molar-refractivity contribution in [1.82, 2.24) is 14.7 Å². The monoisotopic (exact) mass is 275 g/mol. The van der Waals surface area contributed by atoms with Crippen LogP contribution in [-0.2, 0) is 6.54 Å². The number of imidazole rings is 1. The number of halogens is 1. The lowest BCUT2D eigenvalue weighted by atomic mass is 9.95. The zero-order chi connectivity index (χ0) is 12.8. The fraction of sp³-hybridized carbons (Fsp3) is 0.533. The van der Waals surface area contributed by atoms with Gasteiger partial charge in [-0.1, -0.05) is 18.0 Å². The van der Waals surface area contributed by atoms with Gasteiger partial charge in [-0.3, -0.25) is 0 Å². The van der Waals surface area contributed by atoms with Crippen molar-refractivity contribution in [2.24, 2.45) is 11.8 Å². The predicted molar refractivity (Wildman–Crippen MR) is 76.3 cm³/mol. The van der Waals surface area contributed by atoms with Gasteiger partial charge in [0.1, 0.15) is 5.65 Å². The van der Waals surface area contributed by atoms with Crippen LogP contribution < -0.4 is 5.32 Å². The van der Waals surface area contributed by atoms with E-state index in [0.717, 1.165) is 34.7 Å². The minimum atomic E-state index is 0.715. The third-order valence-electron chi connectivity index (χ3n) is 4.75. The van der Waals surface area contributed by atoms with Crippen LogP contribution in [0.25, 0.3) is 5.65 Å². The van der Waals surface area contributed by atoms with Crippen molar-refractivity contribution in [2.45, 2.75) is 38.3 Å².